The highest BCUT2D eigenvalue weighted by Gasteiger charge is 2.09. The van der Waals surface area contributed by atoms with Crippen LogP contribution in [0.15, 0.2) is 28.7 Å². The van der Waals surface area contributed by atoms with E-state index in [1.54, 1.807) is 0 Å². The first kappa shape index (κ1) is 12.0. The Bertz CT molecular complexity index is 602. The average molecular weight is 313 g/mol. The first-order valence-corrected chi connectivity index (χ1v) is 5.99. The second kappa shape index (κ2) is 4.80. The zero-order valence-corrected chi connectivity index (χ0v) is 11.3. The zero-order chi connectivity index (χ0) is 12.4. The second-order valence-electron chi connectivity index (χ2n) is 3.36. The first-order chi connectivity index (χ1) is 8.08. The van der Waals surface area contributed by atoms with Crippen molar-refractivity contribution in [3.8, 4) is 11.4 Å². The van der Waals surface area contributed by atoms with Gasteiger partial charge in [0.2, 0.25) is 10.7 Å². The fourth-order valence-corrected chi connectivity index (χ4v) is 1.79. The number of aromatic amines is 1. The number of nitrogens with one attached hydrogen (secondary N) is 2. The van der Waals surface area contributed by atoms with E-state index >= 15 is 0 Å². The number of carbonyl (C=O) groups is 1. The van der Waals surface area contributed by atoms with Gasteiger partial charge in [-0.05, 0) is 24.4 Å². The van der Waals surface area contributed by atoms with Crippen molar-refractivity contribution < 1.29 is 4.79 Å². The van der Waals surface area contributed by atoms with E-state index in [0.717, 1.165) is 10.0 Å². The van der Waals surface area contributed by atoms with Crippen LogP contribution in [0.4, 0.5) is 0 Å². The monoisotopic (exact) mass is 312 g/mol. The molecule has 2 N–H and O–H groups in total. The molecule has 7 heteroatoms. The molecule has 1 aromatic carbocycles. The highest BCUT2D eigenvalue weighted by molar-refractivity contribution is 9.10. The van der Waals surface area contributed by atoms with Crippen LogP contribution < -0.4 is 5.43 Å². The zero-order valence-electron chi connectivity index (χ0n) is 8.90. The van der Waals surface area contributed by atoms with Crippen LogP contribution in [-0.2, 0) is 4.79 Å². The van der Waals surface area contributed by atoms with Crippen LogP contribution in [0.3, 0.4) is 0 Å². The molecule has 17 heavy (non-hydrogen) atoms. The normalized spacial score (nSPS) is 10.2. The third-order valence-corrected chi connectivity index (χ3v) is 2.85. The minimum atomic E-state index is -0.208. The van der Waals surface area contributed by atoms with Gasteiger partial charge in [-0.3, -0.25) is 10.2 Å². The topological polar surface area (TPSA) is 62.7 Å². The van der Waals surface area contributed by atoms with Crippen LogP contribution in [-0.4, -0.2) is 20.8 Å². The number of aromatic nitrogens is 3. The summed E-state index contributed by atoms with van der Waals surface area (Å²) in [6.45, 7) is 1.42. The molecule has 2 aromatic rings. The molecule has 0 saturated carbocycles. The van der Waals surface area contributed by atoms with Crippen molar-refractivity contribution >= 4 is 34.1 Å². The maximum atomic E-state index is 11.1. The van der Waals surface area contributed by atoms with Gasteiger partial charge in [-0.2, -0.15) is 5.10 Å². The standard InChI is InChI=1S/C10H9BrN4OS/c1-6(16)14-15-9(12-13-10(15)17)7-2-4-8(11)5-3-7/h2-5H,1H3,(H,13,17)(H,14,16). The summed E-state index contributed by atoms with van der Waals surface area (Å²) in [6.07, 6.45) is 0. The van der Waals surface area contributed by atoms with Crippen molar-refractivity contribution in [1.82, 2.24) is 14.9 Å². The molecule has 1 heterocycles. The molecule has 0 unspecified atom stereocenters. The van der Waals surface area contributed by atoms with E-state index < -0.39 is 0 Å². The lowest BCUT2D eigenvalue weighted by molar-refractivity contribution is -0.115. The average Bonchev–Trinajstić information content (AvgIpc) is 2.61. The molecule has 0 aliphatic carbocycles. The van der Waals surface area contributed by atoms with Crippen LogP contribution in [0.1, 0.15) is 6.92 Å². The molecule has 1 aromatic heterocycles. The summed E-state index contributed by atoms with van der Waals surface area (Å²) in [5, 5.41) is 6.73. The quantitative estimate of drug-likeness (QED) is 0.837. The Labute approximate surface area is 111 Å². The summed E-state index contributed by atoms with van der Waals surface area (Å²) in [5.74, 6) is 0.360. The van der Waals surface area contributed by atoms with Gasteiger partial charge in [-0.1, -0.05) is 28.1 Å². The van der Waals surface area contributed by atoms with Gasteiger partial charge in [0.15, 0.2) is 5.82 Å². The molecule has 0 spiro atoms. The Kier molecular flexibility index (Phi) is 3.39. The summed E-state index contributed by atoms with van der Waals surface area (Å²) in [5.41, 5.74) is 3.46. The molecule has 2 rings (SSSR count). The van der Waals surface area contributed by atoms with Crippen LogP contribution in [0, 0.1) is 4.77 Å². The predicted octanol–water partition coefficient (Wildman–Crippen LogP) is 2.46. The molecule has 5 nitrogen and oxygen atoms in total. The maximum absolute atomic E-state index is 11.1. The third kappa shape index (κ3) is 2.62. The lowest BCUT2D eigenvalue weighted by Crippen LogP contribution is -2.20. The summed E-state index contributed by atoms with van der Waals surface area (Å²) in [6, 6.07) is 7.55. The Morgan fingerprint density at radius 2 is 2.12 bits per heavy atom. The number of H-pyrrole nitrogens is 1. The van der Waals surface area contributed by atoms with Gasteiger partial charge in [0.25, 0.3) is 0 Å². The number of rotatable bonds is 2. The van der Waals surface area contributed by atoms with Gasteiger partial charge in [-0.25, -0.2) is 9.77 Å². The molecule has 0 aliphatic heterocycles. The number of carbonyl (C=O) groups excluding carboxylic acids is 1. The van der Waals surface area contributed by atoms with Gasteiger partial charge in [0, 0.05) is 17.0 Å². The Balaban J connectivity index is 2.48. The highest BCUT2D eigenvalue weighted by Crippen LogP contribution is 2.19. The summed E-state index contributed by atoms with van der Waals surface area (Å²) in [4.78, 5) is 11.1. The van der Waals surface area contributed by atoms with Gasteiger partial charge in [0.05, 0.1) is 0 Å². The number of hydrogen-bond donors (Lipinski definition) is 2. The van der Waals surface area contributed by atoms with E-state index in [1.807, 2.05) is 24.3 Å². The summed E-state index contributed by atoms with van der Waals surface area (Å²) in [7, 11) is 0. The third-order valence-electron chi connectivity index (χ3n) is 2.04. The van der Waals surface area contributed by atoms with E-state index in [4.69, 9.17) is 12.2 Å². The van der Waals surface area contributed by atoms with Crippen molar-refractivity contribution in [2.45, 2.75) is 6.92 Å². The van der Waals surface area contributed by atoms with Gasteiger partial charge in [0.1, 0.15) is 0 Å². The number of nitrogens with zero attached hydrogens (tertiary/aromatic N) is 2. The molecule has 0 saturated heterocycles. The second-order valence-corrected chi connectivity index (χ2v) is 4.67. The van der Waals surface area contributed by atoms with Crippen LogP contribution in [0.2, 0.25) is 0 Å². The SMILES string of the molecule is CC(=O)Nn1c(-c2ccc(Br)cc2)n[nH]c1=S. The number of amides is 1. The lowest BCUT2D eigenvalue weighted by atomic mass is 10.2. The Morgan fingerprint density at radius 3 is 2.71 bits per heavy atom. The van der Waals surface area contributed by atoms with Gasteiger partial charge < -0.3 is 0 Å². The van der Waals surface area contributed by atoms with Crippen molar-refractivity contribution in [2.24, 2.45) is 0 Å². The Morgan fingerprint density at radius 1 is 1.47 bits per heavy atom. The smallest absolute Gasteiger partial charge is 0.235 e. The molecule has 0 atom stereocenters. The minimum Gasteiger partial charge on any atom is -0.274 e. The maximum Gasteiger partial charge on any atom is 0.235 e. The molecule has 0 fully saturated rings. The van der Waals surface area contributed by atoms with E-state index in [2.05, 4.69) is 31.6 Å². The molecule has 0 radical (unpaired) electrons. The van der Waals surface area contributed by atoms with Crippen molar-refractivity contribution in [1.29, 1.82) is 0 Å². The van der Waals surface area contributed by atoms with Crippen LogP contribution in [0.5, 0.6) is 0 Å². The molecular weight excluding hydrogens is 304 g/mol. The fraction of sp³-hybridized carbons (Fsp3) is 0.100. The highest BCUT2D eigenvalue weighted by atomic mass is 79.9. The van der Waals surface area contributed by atoms with Crippen molar-refractivity contribution in [3.63, 3.8) is 0 Å². The van der Waals surface area contributed by atoms with E-state index in [1.165, 1.54) is 11.6 Å². The largest absolute Gasteiger partial charge is 0.274 e. The lowest BCUT2D eigenvalue weighted by Gasteiger charge is -2.06. The molecular formula is C10H9BrN4OS. The Hall–Kier alpha value is -1.47. The summed E-state index contributed by atoms with van der Waals surface area (Å²) < 4.78 is 2.76. The first-order valence-electron chi connectivity index (χ1n) is 4.79. The van der Waals surface area contributed by atoms with Crippen LogP contribution in [0.25, 0.3) is 11.4 Å². The fourth-order valence-electron chi connectivity index (χ4n) is 1.35. The minimum absolute atomic E-state index is 0.208. The molecule has 0 aliphatic rings. The molecule has 0 bridgehead atoms. The predicted molar refractivity (Wildman–Crippen MR) is 70.6 cm³/mol. The van der Waals surface area contributed by atoms with E-state index in [-0.39, 0.29) is 5.91 Å². The molecule has 88 valence electrons. The number of benzene rings is 1. The number of halogens is 1. The van der Waals surface area contributed by atoms with Crippen molar-refractivity contribution in [3.05, 3.63) is 33.5 Å². The summed E-state index contributed by atoms with van der Waals surface area (Å²) >= 11 is 8.39. The van der Waals surface area contributed by atoms with Crippen molar-refractivity contribution in [2.75, 3.05) is 5.43 Å². The van der Waals surface area contributed by atoms with Crippen LogP contribution >= 0.6 is 28.1 Å². The van der Waals surface area contributed by atoms with Gasteiger partial charge in [-0.15, -0.1) is 0 Å². The van der Waals surface area contributed by atoms with E-state index in [0.29, 0.717) is 10.6 Å². The molecule has 1 amide bonds. The van der Waals surface area contributed by atoms with E-state index in [9.17, 15) is 4.79 Å². The number of hydrogen-bond acceptors (Lipinski definition) is 3. The van der Waals surface area contributed by atoms with Gasteiger partial charge >= 0.3 is 0 Å².